The minimum atomic E-state index is -5.96. The van der Waals surface area contributed by atoms with E-state index in [0.717, 1.165) is 36.3 Å². The Bertz CT molecular complexity index is 1010. The van der Waals surface area contributed by atoms with E-state index in [9.17, 15) is 41.7 Å². The summed E-state index contributed by atoms with van der Waals surface area (Å²) < 4.78 is 77.4. The van der Waals surface area contributed by atoms with Crippen LogP contribution in [0, 0.1) is 29.1 Å². The molecular weight excluding hydrogens is 486 g/mol. The summed E-state index contributed by atoms with van der Waals surface area (Å²) in [6.07, 6.45) is -3.80. The van der Waals surface area contributed by atoms with E-state index in [2.05, 4.69) is 13.5 Å². The van der Waals surface area contributed by atoms with Crippen LogP contribution in [-0.2, 0) is 0 Å². The molecule has 3 aliphatic carbocycles. The first-order valence-electron chi connectivity index (χ1n) is 12.0. The second-order valence-electron chi connectivity index (χ2n) is 10.4. The van der Waals surface area contributed by atoms with Gasteiger partial charge in [-0.15, -0.1) is 0 Å². The fraction of sp³-hybridized carbons (Fsp3) is 0.630. The summed E-state index contributed by atoms with van der Waals surface area (Å²) in [5.41, 5.74) is -1.86. The number of fused-ring (bicyclic) bond motifs is 1. The molecular formula is C27H32F6O3. The van der Waals surface area contributed by atoms with Gasteiger partial charge in [0.15, 0.2) is 0 Å². The van der Waals surface area contributed by atoms with E-state index in [0.29, 0.717) is 18.4 Å². The molecule has 0 aliphatic heterocycles. The zero-order chi connectivity index (χ0) is 27.1. The van der Waals surface area contributed by atoms with Crippen LogP contribution >= 0.6 is 0 Å². The van der Waals surface area contributed by atoms with Gasteiger partial charge >= 0.3 is 18.0 Å². The predicted molar refractivity (Wildman–Crippen MR) is 123 cm³/mol. The molecule has 0 aromatic rings. The van der Waals surface area contributed by atoms with E-state index >= 15 is 0 Å². The first-order valence-corrected chi connectivity index (χ1v) is 12.0. The van der Waals surface area contributed by atoms with Crippen molar-refractivity contribution in [3.63, 3.8) is 0 Å². The van der Waals surface area contributed by atoms with Crippen molar-refractivity contribution in [2.45, 2.75) is 89.0 Å². The molecule has 0 spiro atoms. The fourth-order valence-corrected chi connectivity index (χ4v) is 5.83. The maximum absolute atomic E-state index is 12.9. The Balaban J connectivity index is 1.78. The van der Waals surface area contributed by atoms with Crippen LogP contribution in [0.3, 0.4) is 0 Å². The highest BCUT2D eigenvalue weighted by Gasteiger charge is 2.70. The Kier molecular flexibility index (Phi) is 7.96. The molecule has 0 aromatic heterocycles. The van der Waals surface area contributed by atoms with E-state index < -0.39 is 30.2 Å². The van der Waals surface area contributed by atoms with E-state index in [-0.39, 0.29) is 30.1 Å². The lowest BCUT2D eigenvalue weighted by molar-refractivity contribution is -0.343. The van der Waals surface area contributed by atoms with Crippen molar-refractivity contribution in [2.24, 2.45) is 17.3 Å². The Labute approximate surface area is 207 Å². The summed E-state index contributed by atoms with van der Waals surface area (Å²) in [6.45, 7) is 7.72. The molecule has 36 heavy (non-hydrogen) atoms. The number of rotatable bonds is 3. The van der Waals surface area contributed by atoms with Crippen molar-refractivity contribution >= 4 is 0 Å². The first kappa shape index (κ1) is 28.5. The number of aliphatic hydroxyl groups is 3. The van der Waals surface area contributed by atoms with Gasteiger partial charge in [-0.05, 0) is 66.4 Å². The van der Waals surface area contributed by atoms with Gasteiger partial charge in [0.05, 0.1) is 12.2 Å². The summed E-state index contributed by atoms with van der Waals surface area (Å²) >= 11 is 0. The predicted octanol–water partition coefficient (Wildman–Crippen LogP) is 5.93. The quantitative estimate of drug-likeness (QED) is 0.247. The molecule has 3 unspecified atom stereocenters. The molecule has 0 saturated heterocycles. The maximum Gasteiger partial charge on any atom is 0.438 e. The zero-order valence-electron chi connectivity index (χ0n) is 20.3. The van der Waals surface area contributed by atoms with Crippen LogP contribution < -0.4 is 0 Å². The first-order chi connectivity index (χ1) is 16.5. The molecule has 0 heterocycles. The lowest BCUT2D eigenvalue weighted by atomic mass is 9.62. The third kappa shape index (κ3) is 5.32. The molecule has 3 nitrogen and oxygen atoms in total. The molecule has 2 saturated carbocycles. The Hall–Kier alpha value is -2.02. The van der Waals surface area contributed by atoms with Gasteiger partial charge in [0.2, 0.25) is 0 Å². The number of alkyl halides is 6. The van der Waals surface area contributed by atoms with E-state index in [1.807, 2.05) is 24.1 Å². The molecule has 3 rings (SSSR count). The minimum Gasteiger partial charge on any atom is -0.393 e. The van der Waals surface area contributed by atoms with Gasteiger partial charge < -0.3 is 15.3 Å². The number of allylic oxidation sites excluding steroid dienone is 5. The van der Waals surface area contributed by atoms with Crippen LogP contribution in [0.2, 0.25) is 0 Å². The largest absolute Gasteiger partial charge is 0.438 e. The molecule has 3 aliphatic rings. The number of aliphatic hydroxyl groups excluding tert-OH is 2. The molecule has 0 bridgehead atoms. The monoisotopic (exact) mass is 518 g/mol. The van der Waals surface area contributed by atoms with Gasteiger partial charge in [0, 0.05) is 12.8 Å². The molecule has 0 aromatic carbocycles. The highest BCUT2D eigenvalue weighted by Crippen LogP contribution is 2.57. The van der Waals surface area contributed by atoms with Crippen LogP contribution in [0.5, 0.6) is 0 Å². The van der Waals surface area contributed by atoms with Crippen molar-refractivity contribution in [3.8, 4) is 11.8 Å². The lowest BCUT2D eigenvalue weighted by Crippen LogP contribution is -2.55. The Morgan fingerprint density at radius 3 is 2.42 bits per heavy atom. The van der Waals surface area contributed by atoms with Gasteiger partial charge in [-0.1, -0.05) is 55.7 Å². The normalized spacial score (nSPS) is 32.7. The molecule has 2 fully saturated rings. The molecule has 0 radical (unpaired) electrons. The summed E-state index contributed by atoms with van der Waals surface area (Å²) in [7, 11) is 0. The van der Waals surface area contributed by atoms with Crippen LogP contribution in [0.1, 0.15) is 58.8 Å². The molecule has 5 atom stereocenters. The molecule has 9 heteroatoms. The van der Waals surface area contributed by atoms with Gasteiger partial charge in [-0.25, -0.2) is 0 Å². The van der Waals surface area contributed by atoms with Crippen molar-refractivity contribution in [1.82, 2.24) is 0 Å². The third-order valence-electron chi connectivity index (χ3n) is 7.90. The van der Waals surface area contributed by atoms with Crippen LogP contribution in [-0.4, -0.2) is 45.5 Å². The van der Waals surface area contributed by atoms with Gasteiger partial charge in [0.25, 0.3) is 0 Å². The fourth-order valence-electron chi connectivity index (χ4n) is 5.83. The van der Waals surface area contributed by atoms with E-state index in [1.165, 1.54) is 5.57 Å². The van der Waals surface area contributed by atoms with E-state index in [4.69, 9.17) is 0 Å². The molecule has 200 valence electrons. The second-order valence-corrected chi connectivity index (χ2v) is 10.4. The van der Waals surface area contributed by atoms with Crippen molar-refractivity contribution in [3.05, 3.63) is 47.1 Å². The summed E-state index contributed by atoms with van der Waals surface area (Å²) in [5, 5.41) is 29.3. The summed E-state index contributed by atoms with van der Waals surface area (Å²) in [4.78, 5) is 0. The van der Waals surface area contributed by atoms with Gasteiger partial charge in [0.1, 0.15) is 0 Å². The lowest BCUT2D eigenvalue weighted by Gasteiger charge is -2.42. The summed E-state index contributed by atoms with van der Waals surface area (Å²) in [6, 6.07) is 0. The average molecular weight is 519 g/mol. The van der Waals surface area contributed by atoms with Crippen LogP contribution in [0.25, 0.3) is 0 Å². The smallest absolute Gasteiger partial charge is 0.393 e. The third-order valence-corrected chi connectivity index (χ3v) is 7.90. The van der Waals surface area contributed by atoms with Gasteiger partial charge in [-0.3, -0.25) is 0 Å². The maximum atomic E-state index is 12.9. The van der Waals surface area contributed by atoms with Crippen LogP contribution in [0.4, 0.5) is 26.3 Å². The molecule has 0 amide bonds. The SMILES string of the molecule is C=C1/C(=C\C=C2/CCC[C@]3(C)C(C(C)CC#CC(O)(C(F)(F)F)C(F)(F)F)=CCC23)CC(O)C[C@@H]1O. The standard InChI is InChI=1S/C27H32F6O3/c1-16(6-4-13-25(36,26(28,29)30)27(31,32)33)21-10-11-22-18(7-5-12-24(21,22)3)8-9-19-14-20(34)15-23(35)17(19)2/h8-10,16,20,22-23,34-36H,2,5-7,11-12,14-15H2,1,3H3/b18-8+,19-9-/t16?,20?,22?,23-,24+/m0/s1. The zero-order valence-corrected chi connectivity index (χ0v) is 20.3. The van der Waals surface area contributed by atoms with Gasteiger partial charge in [-0.2, -0.15) is 26.3 Å². The highest BCUT2D eigenvalue weighted by molar-refractivity contribution is 5.40. The number of hydrogen-bond donors (Lipinski definition) is 3. The Morgan fingerprint density at radius 2 is 1.81 bits per heavy atom. The van der Waals surface area contributed by atoms with E-state index in [1.54, 1.807) is 6.92 Å². The molecule has 3 N–H and O–H groups in total. The topological polar surface area (TPSA) is 60.7 Å². The van der Waals surface area contributed by atoms with Crippen molar-refractivity contribution in [1.29, 1.82) is 0 Å². The average Bonchev–Trinajstić information content (AvgIpc) is 3.11. The Morgan fingerprint density at radius 1 is 1.17 bits per heavy atom. The number of halogens is 6. The highest BCUT2D eigenvalue weighted by atomic mass is 19.4. The minimum absolute atomic E-state index is 0.127. The number of hydrogen-bond acceptors (Lipinski definition) is 3. The summed E-state index contributed by atoms with van der Waals surface area (Å²) in [5.74, 6) is 2.75. The van der Waals surface area contributed by atoms with Crippen molar-refractivity contribution in [2.75, 3.05) is 0 Å². The van der Waals surface area contributed by atoms with Crippen LogP contribution in [0.15, 0.2) is 47.1 Å². The second kappa shape index (κ2) is 10.0. The van der Waals surface area contributed by atoms with Crippen molar-refractivity contribution < 1.29 is 41.7 Å².